The maximum absolute atomic E-state index is 10.8. The van der Waals surface area contributed by atoms with Gasteiger partial charge in [0.2, 0.25) is 0 Å². The predicted octanol–water partition coefficient (Wildman–Crippen LogP) is 3.61. The Morgan fingerprint density at radius 3 is 2.50 bits per heavy atom. The fraction of sp³-hybridized carbons (Fsp3) is 0.417. The third kappa shape index (κ3) is 3.62. The monoisotopic (exact) mass is 254 g/mol. The molecule has 0 aromatic heterocycles. The van der Waals surface area contributed by atoms with Gasteiger partial charge in [0, 0.05) is 10.4 Å². The molecule has 0 aliphatic heterocycles. The van der Waals surface area contributed by atoms with Crippen LogP contribution in [0.25, 0.3) is 0 Å². The number of hydrogen-bond donors (Lipinski definition) is 0. The highest BCUT2D eigenvalue weighted by atomic mass is 79.9. The van der Waals surface area contributed by atoms with E-state index in [4.69, 9.17) is 0 Å². The summed E-state index contributed by atoms with van der Waals surface area (Å²) >= 11 is 3.39. The average molecular weight is 255 g/mol. The third-order valence-corrected chi connectivity index (χ3v) is 2.79. The van der Waals surface area contributed by atoms with Crippen molar-refractivity contribution >= 4 is 22.2 Å². The number of aldehydes is 1. The normalized spacial score (nSPS) is 12.4. The van der Waals surface area contributed by atoms with E-state index in [0.717, 1.165) is 30.0 Å². The minimum Gasteiger partial charge on any atom is -0.303 e. The highest BCUT2D eigenvalue weighted by molar-refractivity contribution is 9.10. The van der Waals surface area contributed by atoms with E-state index in [-0.39, 0.29) is 5.92 Å². The number of carbonyl (C=O) groups excluding carboxylic acids is 1. The van der Waals surface area contributed by atoms with Gasteiger partial charge in [0.05, 0.1) is 0 Å². The fourth-order valence-electron chi connectivity index (χ4n) is 1.51. The summed E-state index contributed by atoms with van der Waals surface area (Å²) in [6.45, 7) is 2.11. The second-order valence-corrected chi connectivity index (χ2v) is 4.43. The first-order valence-corrected chi connectivity index (χ1v) is 5.75. The van der Waals surface area contributed by atoms with Crippen LogP contribution in [-0.2, 0) is 11.2 Å². The van der Waals surface area contributed by atoms with Gasteiger partial charge in [-0.15, -0.1) is 0 Å². The van der Waals surface area contributed by atoms with Crippen LogP contribution in [0, 0.1) is 5.92 Å². The van der Waals surface area contributed by atoms with E-state index in [1.165, 1.54) is 5.56 Å². The van der Waals surface area contributed by atoms with Crippen LogP contribution in [0.4, 0.5) is 0 Å². The molecule has 0 bridgehead atoms. The molecule has 0 aliphatic carbocycles. The smallest absolute Gasteiger partial charge is 0.123 e. The summed E-state index contributed by atoms with van der Waals surface area (Å²) in [6.07, 6.45) is 4.00. The number of rotatable bonds is 5. The highest BCUT2D eigenvalue weighted by Crippen LogP contribution is 2.15. The molecule has 0 fully saturated rings. The lowest BCUT2D eigenvalue weighted by Crippen LogP contribution is -2.05. The lowest BCUT2D eigenvalue weighted by Gasteiger charge is -2.08. The molecule has 1 atom stereocenters. The van der Waals surface area contributed by atoms with Crippen LogP contribution in [-0.4, -0.2) is 6.29 Å². The summed E-state index contributed by atoms with van der Waals surface area (Å²) in [5.74, 6) is 0.182. The Morgan fingerprint density at radius 2 is 2.00 bits per heavy atom. The van der Waals surface area contributed by atoms with Crippen molar-refractivity contribution in [3.8, 4) is 0 Å². The van der Waals surface area contributed by atoms with Gasteiger partial charge in [-0.1, -0.05) is 41.4 Å². The number of halogens is 1. The molecule has 0 unspecified atom stereocenters. The van der Waals surface area contributed by atoms with Gasteiger partial charge in [-0.25, -0.2) is 0 Å². The third-order valence-electron chi connectivity index (χ3n) is 2.26. The summed E-state index contributed by atoms with van der Waals surface area (Å²) < 4.78 is 1.08. The zero-order valence-corrected chi connectivity index (χ0v) is 9.96. The standard InChI is InChI=1S/C12H15BrO/c1-2-3-11(9-14)8-10-4-6-12(13)7-5-10/h4-7,9,11H,2-3,8H2,1H3/t11-/m0/s1. The van der Waals surface area contributed by atoms with E-state index in [0.29, 0.717) is 0 Å². The predicted molar refractivity (Wildman–Crippen MR) is 62.3 cm³/mol. The Hall–Kier alpha value is -0.630. The molecule has 1 aromatic carbocycles. The van der Waals surface area contributed by atoms with Gasteiger partial charge >= 0.3 is 0 Å². The zero-order chi connectivity index (χ0) is 10.4. The molecule has 1 nitrogen and oxygen atoms in total. The van der Waals surface area contributed by atoms with E-state index in [1.54, 1.807) is 0 Å². The first-order chi connectivity index (χ1) is 6.76. The summed E-state index contributed by atoms with van der Waals surface area (Å²) in [4.78, 5) is 10.8. The first kappa shape index (κ1) is 11.4. The van der Waals surface area contributed by atoms with Gasteiger partial charge < -0.3 is 4.79 Å². The largest absolute Gasteiger partial charge is 0.303 e. The summed E-state index contributed by atoms with van der Waals surface area (Å²) in [5.41, 5.74) is 1.23. The second kappa shape index (κ2) is 5.97. The van der Waals surface area contributed by atoms with Crippen molar-refractivity contribution in [3.63, 3.8) is 0 Å². The van der Waals surface area contributed by atoms with Crippen molar-refractivity contribution in [2.45, 2.75) is 26.2 Å². The number of benzene rings is 1. The van der Waals surface area contributed by atoms with E-state index < -0.39 is 0 Å². The van der Waals surface area contributed by atoms with E-state index in [9.17, 15) is 4.79 Å². The van der Waals surface area contributed by atoms with Gasteiger partial charge in [0.15, 0.2) is 0 Å². The quantitative estimate of drug-likeness (QED) is 0.734. The van der Waals surface area contributed by atoms with Gasteiger partial charge in [-0.05, 0) is 30.5 Å². The van der Waals surface area contributed by atoms with Gasteiger partial charge in [-0.3, -0.25) is 0 Å². The molecule has 0 heterocycles. The van der Waals surface area contributed by atoms with Crippen molar-refractivity contribution in [1.29, 1.82) is 0 Å². The Labute approximate surface area is 93.7 Å². The molecular formula is C12H15BrO. The number of hydrogen-bond acceptors (Lipinski definition) is 1. The molecule has 0 aliphatic rings. The van der Waals surface area contributed by atoms with Crippen molar-refractivity contribution in [1.82, 2.24) is 0 Å². The molecule has 0 saturated carbocycles. The molecule has 0 saturated heterocycles. The van der Waals surface area contributed by atoms with Crippen LogP contribution in [0.3, 0.4) is 0 Å². The Bertz CT molecular complexity index is 279. The van der Waals surface area contributed by atoms with Crippen molar-refractivity contribution < 1.29 is 4.79 Å². The molecule has 14 heavy (non-hydrogen) atoms. The van der Waals surface area contributed by atoms with Crippen LogP contribution >= 0.6 is 15.9 Å². The summed E-state index contributed by atoms with van der Waals surface area (Å²) in [7, 11) is 0. The first-order valence-electron chi connectivity index (χ1n) is 4.96. The highest BCUT2D eigenvalue weighted by Gasteiger charge is 2.06. The number of carbonyl (C=O) groups is 1. The molecule has 0 N–H and O–H groups in total. The van der Waals surface area contributed by atoms with E-state index in [1.807, 2.05) is 12.1 Å². The lowest BCUT2D eigenvalue weighted by atomic mass is 9.97. The molecular weight excluding hydrogens is 240 g/mol. The van der Waals surface area contributed by atoms with Crippen molar-refractivity contribution in [2.24, 2.45) is 5.92 Å². The van der Waals surface area contributed by atoms with Crippen LogP contribution in [0.2, 0.25) is 0 Å². The molecule has 1 aromatic rings. The maximum atomic E-state index is 10.8. The van der Waals surface area contributed by atoms with Gasteiger partial charge in [0.25, 0.3) is 0 Å². The minimum atomic E-state index is 0.182. The zero-order valence-electron chi connectivity index (χ0n) is 8.37. The van der Waals surface area contributed by atoms with Crippen LogP contribution in [0.1, 0.15) is 25.3 Å². The van der Waals surface area contributed by atoms with Crippen molar-refractivity contribution in [3.05, 3.63) is 34.3 Å². The Morgan fingerprint density at radius 1 is 1.36 bits per heavy atom. The molecule has 0 radical (unpaired) electrons. The fourth-order valence-corrected chi connectivity index (χ4v) is 1.78. The lowest BCUT2D eigenvalue weighted by molar-refractivity contribution is -0.111. The van der Waals surface area contributed by atoms with Crippen LogP contribution in [0.15, 0.2) is 28.7 Å². The van der Waals surface area contributed by atoms with Crippen LogP contribution < -0.4 is 0 Å². The van der Waals surface area contributed by atoms with Crippen molar-refractivity contribution in [2.75, 3.05) is 0 Å². The molecule has 0 spiro atoms. The topological polar surface area (TPSA) is 17.1 Å². The molecule has 2 heteroatoms. The van der Waals surface area contributed by atoms with Gasteiger partial charge in [0.1, 0.15) is 6.29 Å². The molecule has 1 rings (SSSR count). The average Bonchev–Trinajstić information content (AvgIpc) is 2.20. The Balaban J connectivity index is 2.57. The molecule has 0 amide bonds. The van der Waals surface area contributed by atoms with Gasteiger partial charge in [-0.2, -0.15) is 0 Å². The minimum absolute atomic E-state index is 0.182. The summed E-state index contributed by atoms with van der Waals surface area (Å²) in [6, 6.07) is 8.17. The SMILES string of the molecule is CCC[C@H](C=O)Cc1ccc(Br)cc1. The summed E-state index contributed by atoms with van der Waals surface area (Å²) in [5, 5.41) is 0. The second-order valence-electron chi connectivity index (χ2n) is 3.52. The van der Waals surface area contributed by atoms with E-state index >= 15 is 0 Å². The van der Waals surface area contributed by atoms with Crippen LogP contribution in [0.5, 0.6) is 0 Å². The Kier molecular flexibility index (Phi) is 4.88. The van der Waals surface area contributed by atoms with E-state index in [2.05, 4.69) is 35.0 Å². The maximum Gasteiger partial charge on any atom is 0.123 e. The molecule has 76 valence electrons.